The van der Waals surface area contributed by atoms with E-state index in [-0.39, 0.29) is 11.8 Å². The number of carbonyl (C=O) groups excluding carboxylic acids is 3. The Morgan fingerprint density at radius 1 is 1.12 bits per heavy atom. The van der Waals surface area contributed by atoms with Gasteiger partial charge in [0.1, 0.15) is 6.04 Å². The SMILES string of the molecule is CCCCCCCCCC=CC(=O)NC(=O)[C@H](CC)N1CCCC1=O. The molecule has 0 unspecified atom stereocenters. The van der Waals surface area contributed by atoms with Crippen LogP contribution in [0.4, 0.5) is 0 Å². The molecule has 0 saturated carbocycles. The maximum atomic E-state index is 12.2. The fourth-order valence-electron chi connectivity index (χ4n) is 3.20. The summed E-state index contributed by atoms with van der Waals surface area (Å²) in [6.45, 7) is 4.68. The Kier molecular flexibility index (Phi) is 10.8. The number of hydrogen-bond acceptors (Lipinski definition) is 3. The molecule has 1 aliphatic rings. The van der Waals surface area contributed by atoms with Crippen molar-refractivity contribution in [1.82, 2.24) is 10.2 Å². The largest absolute Gasteiger partial charge is 0.331 e. The number of hydrogen-bond donors (Lipinski definition) is 1. The Bertz CT molecular complexity index is 460. The third-order valence-electron chi connectivity index (χ3n) is 4.67. The predicted octanol–water partition coefficient (Wildman–Crippen LogP) is 3.73. The normalized spacial score (nSPS) is 15.8. The Morgan fingerprint density at radius 2 is 1.80 bits per heavy atom. The van der Waals surface area contributed by atoms with Crippen molar-refractivity contribution in [2.24, 2.45) is 0 Å². The highest BCUT2D eigenvalue weighted by Crippen LogP contribution is 2.16. The van der Waals surface area contributed by atoms with E-state index in [1.54, 1.807) is 4.90 Å². The van der Waals surface area contributed by atoms with Gasteiger partial charge in [0, 0.05) is 13.0 Å². The zero-order chi connectivity index (χ0) is 18.5. The van der Waals surface area contributed by atoms with Crippen LogP contribution in [0.5, 0.6) is 0 Å². The first-order valence-corrected chi connectivity index (χ1v) is 9.91. The van der Waals surface area contributed by atoms with Crippen LogP contribution in [0.15, 0.2) is 12.2 Å². The monoisotopic (exact) mass is 350 g/mol. The summed E-state index contributed by atoms with van der Waals surface area (Å²) in [5.41, 5.74) is 0. The van der Waals surface area contributed by atoms with Crippen molar-refractivity contribution in [3.8, 4) is 0 Å². The second kappa shape index (κ2) is 12.7. The Labute approximate surface area is 152 Å². The summed E-state index contributed by atoms with van der Waals surface area (Å²) in [7, 11) is 0. The van der Waals surface area contributed by atoms with Crippen LogP contribution in [0.2, 0.25) is 0 Å². The third kappa shape index (κ3) is 8.32. The van der Waals surface area contributed by atoms with Gasteiger partial charge in [-0.3, -0.25) is 19.7 Å². The van der Waals surface area contributed by atoms with E-state index in [0.29, 0.717) is 19.4 Å². The van der Waals surface area contributed by atoms with Crippen molar-refractivity contribution < 1.29 is 14.4 Å². The summed E-state index contributed by atoms with van der Waals surface area (Å²) in [6.07, 6.45) is 14.6. The summed E-state index contributed by atoms with van der Waals surface area (Å²) >= 11 is 0. The number of allylic oxidation sites excluding steroid dienone is 1. The lowest BCUT2D eigenvalue weighted by atomic mass is 10.1. The molecule has 1 fully saturated rings. The minimum Gasteiger partial charge on any atom is -0.331 e. The van der Waals surface area contributed by atoms with Gasteiger partial charge in [-0.1, -0.05) is 58.4 Å². The van der Waals surface area contributed by atoms with Crippen LogP contribution in [-0.4, -0.2) is 35.2 Å². The molecule has 0 aromatic heterocycles. The molecule has 1 N–H and O–H groups in total. The minimum atomic E-state index is -0.532. The van der Waals surface area contributed by atoms with E-state index in [1.165, 1.54) is 44.6 Å². The summed E-state index contributed by atoms with van der Waals surface area (Å²) in [6, 6.07) is -0.532. The number of likely N-dealkylation sites (tertiary alicyclic amines) is 1. The van der Waals surface area contributed by atoms with E-state index in [4.69, 9.17) is 0 Å². The first-order chi connectivity index (χ1) is 12.1. The van der Waals surface area contributed by atoms with Gasteiger partial charge < -0.3 is 4.90 Å². The molecule has 3 amide bonds. The fourth-order valence-corrected chi connectivity index (χ4v) is 3.20. The molecule has 0 radical (unpaired) electrons. The molecule has 5 nitrogen and oxygen atoms in total. The van der Waals surface area contributed by atoms with E-state index in [9.17, 15) is 14.4 Å². The van der Waals surface area contributed by atoms with E-state index >= 15 is 0 Å². The van der Waals surface area contributed by atoms with Crippen LogP contribution in [0.3, 0.4) is 0 Å². The van der Waals surface area contributed by atoms with Gasteiger partial charge in [0.2, 0.25) is 17.7 Å². The number of carbonyl (C=O) groups is 3. The second-order valence-corrected chi connectivity index (χ2v) is 6.78. The van der Waals surface area contributed by atoms with E-state index < -0.39 is 11.9 Å². The molecule has 0 spiro atoms. The predicted molar refractivity (Wildman–Crippen MR) is 99.9 cm³/mol. The number of amides is 3. The van der Waals surface area contributed by atoms with Crippen molar-refractivity contribution in [3.05, 3.63) is 12.2 Å². The average Bonchev–Trinajstić information content (AvgIpc) is 3.00. The summed E-state index contributed by atoms with van der Waals surface area (Å²) in [5, 5.41) is 2.40. The van der Waals surface area contributed by atoms with Crippen molar-refractivity contribution >= 4 is 17.7 Å². The maximum absolute atomic E-state index is 12.2. The Morgan fingerprint density at radius 3 is 2.40 bits per heavy atom. The molecule has 5 heteroatoms. The van der Waals surface area contributed by atoms with Crippen LogP contribution in [0, 0.1) is 0 Å². The highest BCUT2D eigenvalue weighted by molar-refractivity contribution is 6.03. The topological polar surface area (TPSA) is 66.5 Å². The molecule has 0 aromatic rings. The van der Waals surface area contributed by atoms with Gasteiger partial charge in [0.05, 0.1) is 0 Å². The first kappa shape index (κ1) is 21.4. The van der Waals surface area contributed by atoms with Gasteiger partial charge in [-0.25, -0.2) is 0 Å². The van der Waals surface area contributed by atoms with Crippen LogP contribution < -0.4 is 5.32 Å². The Hall–Kier alpha value is -1.65. The second-order valence-electron chi connectivity index (χ2n) is 6.78. The van der Waals surface area contributed by atoms with E-state index in [2.05, 4.69) is 12.2 Å². The lowest BCUT2D eigenvalue weighted by Crippen LogP contribution is -2.48. The number of nitrogens with one attached hydrogen (secondary N) is 1. The third-order valence-corrected chi connectivity index (χ3v) is 4.67. The average molecular weight is 351 g/mol. The van der Waals surface area contributed by atoms with Crippen LogP contribution in [0.25, 0.3) is 0 Å². The van der Waals surface area contributed by atoms with Crippen LogP contribution >= 0.6 is 0 Å². The van der Waals surface area contributed by atoms with Gasteiger partial charge in [0.25, 0.3) is 0 Å². The van der Waals surface area contributed by atoms with Gasteiger partial charge in [0.15, 0.2) is 0 Å². The van der Waals surface area contributed by atoms with Crippen LogP contribution in [-0.2, 0) is 14.4 Å². The van der Waals surface area contributed by atoms with Gasteiger partial charge in [-0.2, -0.15) is 0 Å². The number of unbranched alkanes of at least 4 members (excludes halogenated alkanes) is 7. The van der Waals surface area contributed by atoms with Gasteiger partial charge >= 0.3 is 0 Å². The lowest BCUT2D eigenvalue weighted by molar-refractivity contribution is -0.139. The molecule has 1 aliphatic heterocycles. The Balaban J connectivity index is 2.21. The number of rotatable bonds is 12. The maximum Gasteiger partial charge on any atom is 0.250 e. The van der Waals surface area contributed by atoms with Crippen molar-refractivity contribution in [2.75, 3.05) is 6.54 Å². The number of nitrogens with zero attached hydrogens (tertiary/aromatic N) is 1. The molecule has 1 atom stereocenters. The first-order valence-electron chi connectivity index (χ1n) is 9.91. The molecular formula is C20H34N2O3. The highest BCUT2D eigenvalue weighted by atomic mass is 16.2. The molecule has 1 saturated heterocycles. The quantitative estimate of drug-likeness (QED) is 0.431. The standard InChI is InChI=1S/C20H34N2O3/c1-3-5-6-7-8-9-10-11-12-14-18(23)21-20(25)17(4-2)22-16-13-15-19(22)24/h12,14,17H,3-11,13,15-16H2,1-2H3,(H,21,23,25)/t17-/m0/s1. The van der Waals surface area contributed by atoms with Crippen LogP contribution in [0.1, 0.15) is 84.5 Å². The molecule has 1 heterocycles. The van der Waals surface area contributed by atoms with E-state index in [1.807, 2.05) is 13.0 Å². The molecule has 0 aromatic carbocycles. The summed E-state index contributed by atoms with van der Waals surface area (Å²) in [5.74, 6) is -0.759. The fraction of sp³-hybridized carbons (Fsp3) is 0.750. The highest BCUT2D eigenvalue weighted by Gasteiger charge is 2.31. The minimum absolute atomic E-state index is 0.00364. The molecule has 142 valence electrons. The number of imide groups is 1. The van der Waals surface area contributed by atoms with Crippen molar-refractivity contribution in [3.63, 3.8) is 0 Å². The summed E-state index contributed by atoms with van der Waals surface area (Å²) < 4.78 is 0. The molecule has 1 rings (SSSR count). The molecule has 0 aliphatic carbocycles. The van der Waals surface area contributed by atoms with Crippen molar-refractivity contribution in [1.29, 1.82) is 0 Å². The zero-order valence-electron chi connectivity index (χ0n) is 15.9. The smallest absolute Gasteiger partial charge is 0.250 e. The molecular weight excluding hydrogens is 316 g/mol. The molecule has 25 heavy (non-hydrogen) atoms. The zero-order valence-corrected chi connectivity index (χ0v) is 15.9. The van der Waals surface area contributed by atoms with Gasteiger partial charge in [-0.05, 0) is 31.8 Å². The summed E-state index contributed by atoms with van der Waals surface area (Å²) in [4.78, 5) is 37.4. The van der Waals surface area contributed by atoms with Crippen molar-refractivity contribution in [2.45, 2.75) is 90.5 Å². The van der Waals surface area contributed by atoms with Gasteiger partial charge in [-0.15, -0.1) is 0 Å². The lowest BCUT2D eigenvalue weighted by Gasteiger charge is -2.25. The molecule has 0 bridgehead atoms. The van der Waals surface area contributed by atoms with E-state index in [0.717, 1.165) is 19.3 Å².